The average Bonchev–Trinajstić information content (AvgIpc) is 2.47. The number of aromatic nitrogens is 1. The summed E-state index contributed by atoms with van der Waals surface area (Å²) in [4.78, 5) is 31.3. The lowest BCUT2D eigenvalue weighted by molar-refractivity contribution is 0.146. The van der Waals surface area contributed by atoms with Crippen molar-refractivity contribution in [3.8, 4) is 0 Å². The van der Waals surface area contributed by atoms with Crippen molar-refractivity contribution in [1.82, 2.24) is 15.2 Å². The molecule has 1 aliphatic rings. The lowest BCUT2D eigenvalue weighted by Crippen LogP contribution is -2.53. The van der Waals surface area contributed by atoms with E-state index >= 15 is 0 Å². The third-order valence-corrected chi connectivity index (χ3v) is 3.25. The van der Waals surface area contributed by atoms with Gasteiger partial charge in [0.1, 0.15) is 5.82 Å². The number of hydrogen-bond donors (Lipinski definition) is 1. The number of carbonyl (C=O) groups excluding carboxylic acids is 2. The van der Waals surface area contributed by atoms with Crippen LogP contribution in [0.4, 0.5) is 15.4 Å². The van der Waals surface area contributed by atoms with Gasteiger partial charge in [-0.1, -0.05) is 6.07 Å². The molecule has 0 atom stereocenters. The smallest absolute Gasteiger partial charge is 0.415 e. The number of alkyl carbamates (subject to hydrolysis) is 1. The zero-order valence-corrected chi connectivity index (χ0v) is 12.3. The Hall–Kier alpha value is -2.31. The SMILES string of the molecule is CCOC(=O)NC(=O)N1CCN(c2cccc(C)n2)CC1. The average molecular weight is 292 g/mol. The Labute approximate surface area is 123 Å². The minimum Gasteiger partial charge on any atom is -0.450 e. The van der Waals surface area contributed by atoms with Gasteiger partial charge in [-0.3, -0.25) is 0 Å². The Kier molecular flexibility index (Phi) is 4.97. The van der Waals surface area contributed by atoms with E-state index in [9.17, 15) is 9.59 Å². The van der Waals surface area contributed by atoms with Crippen LogP contribution in [0.1, 0.15) is 12.6 Å². The van der Waals surface area contributed by atoms with E-state index in [0.29, 0.717) is 26.2 Å². The molecule has 1 aromatic heterocycles. The molecule has 0 radical (unpaired) electrons. The molecule has 0 unspecified atom stereocenters. The van der Waals surface area contributed by atoms with E-state index in [1.54, 1.807) is 11.8 Å². The van der Waals surface area contributed by atoms with Crippen LogP contribution in [0.2, 0.25) is 0 Å². The molecule has 1 fully saturated rings. The van der Waals surface area contributed by atoms with Crippen LogP contribution in [0.3, 0.4) is 0 Å². The molecular weight excluding hydrogens is 272 g/mol. The number of aryl methyl sites for hydroxylation is 1. The van der Waals surface area contributed by atoms with E-state index in [4.69, 9.17) is 0 Å². The summed E-state index contributed by atoms with van der Waals surface area (Å²) in [5.41, 5.74) is 0.968. The van der Waals surface area contributed by atoms with Gasteiger partial charge in [0, 0.05) is 31.9 Å². The van der Waals surface area contributed by atoms with Crippen LogP contribution >= 0.6 is 0 Å². The normalized spacial score (nSPS) is 14.8. The predicted molar refractivity (Wildman–Crippen MR) is 78.3 cm³/mol. The number of imide groups is 1. The fraction of sp³-hybridized carbons (Fsp3) is 0.500. The van der Waals surface area contributed by atoms with E-state index in [2.05, 4.69) is 19.9 Å². The number of urea groups is 1. The molecule has 0 aliphatic carbocycles. The number of rotatable bonds is 2. The first kappa shape index (κ1) is 15.1. The molecule has 3 amide bonds. The van der Waals surface area contributed by atoms with Crippen LogP contribution in [0.5, 0.6) is 0 Å². The van der Waals surface area contributed by atoms with E-state index in [1.807, 2.05) is 25.1 Å². The topological polar surface area (TPSA) is 74.8 Å². The van der Waals surface area contributed by atoms with Gasteiger partial charge in [-0.25, -0.2) is 19.9 Å². The molecule has 0 aromatic carbocycles. The molecule has 114 valence electrons. The van der Waals surface area contributed by atoms with E-state index < -0.39 is 12.1 Å². The first-order valence-electron chi connectivity index (χ1n) is 7.01. The molecule has 0 spiro atoms. The fourth-order valence-electron chi connectivity index (χ4n) is 2.18. The molecule has 0 bridgehead atoms. The van der Waals surface area contributed by atoms with Gasteiger partial charge in [-0.05, 0) is 26.0 Å². The van der Waals surface area contributed by atoms with Gasteiger partial charge in [0.25, 0.3) is 0 Å². The van der Waals surface area contributed by atoms with Gasteiger partial charge in [0.2, 0.25) is 0 Å². The maximum absolute atomic E-state index is 11.9. The number of ether oxygens (including phenoxy) is 1. The van der Waals surface area contributed by atoms with Crippen molar-refractivity contribution >= 4 is 17.9 Å². The molecule has 2 heterocycles. The van der Waals surface area contributed by atoms with Crippen LogP contribution in [0.15, 0.2) is 18.2 Å². The van der Waals surface area contributed by atoms with Crippen molar-refractivity contribution in [1.29, 1.82) is 0 Å². The number of pyridine rings is 1. The molecule has 21 heavy (non-hydrogen) atoms. The zero-order valence-electron chi connectivity index (χ0n) is 12.3. The number of anilines is 1. The van der Waals surface area contributed by atoms with Crippen LogP contribution in [-0.4, -0.2) is 54.8 Å². The molecule has 1 N–H and O–H groups in total. The molecule has 7 nitrogen and oxygen atoms in total. The molecule has 0 saturated carbocycles. The summed E-state index contributed by atoms with van der Waals surface area (Å²) in [5, 5.41) is 2.21. The molecule has 7 heteroatoms. The highest BCUT2D eigenvalue weighted by atomic mass is 16.5. The van der Waals surface area contributed by atoms with Gasteiger partial charge in [-0.2, -0.15) is 0 Å². The second-order valence-corrected chi connectivity index (χ2v) is 4.76. The van der Waals surface area contributed by atoms with Gasteiger partial charge in [-0.15, -0.1) is 0 Å². The standard InChI is InChI=1S/C14H20N4O3/c1-3-21-14(20)16-13(19)18-9-7-17(8-10-18)12-6-4-5-11(2)15-12/h4-6H,3,7-10H2,1-2H3,(H,16,19,20). The summed E-state index contributed by atoms with van der Waals surface area (Å²) in [5.74, 6) is 0.917. The largest absolute Gasteiger partial charge is 0.450 e. The molecule has 1 aliphatic heterocycles. The molecule has 2 rings (SSSR count). The van der Waals surface area contributed by atoms with Crippen molar-refractivity contribution in [3.05, 3.63) is 23.9 Å². The fourth-order valence-corrected chi connectivity index (χ4v) is 2.18. The maximum atomic E-state index is 11.9. The number of carbonyl (C=O) groups is 2. The lowest BCUT2D eigenvalue weighted by Gasteiger charge is -2.35. The first-order chi connectivity index (χ1) is 10.1. The Morgan fingerprint density at radius 1 is 1.29 bits per heavy atom. The lowest BCUT2D eigenvalue weighted by atomic mass is 10.3. The Morgan fingerprint density at radius 3 is 2.62 bits per heavy atom. The van der Waals surface area contributed by atoms with E-state index in [-0.39, 0.29) is 6.61 Å². The minimum atomic E-state index is -0.703. The number of piperazine rings is 1. The Morgan fingerprint density at radius 2 is 2.00 bits per heavy atom. The van der Waals surface area contributed by atoms with Crippen molar-refractivity contribution in [2.75, 3.05) is 37.7 Å². The Balaban J connectivity index is 1.85. The number of amides is 3. The maximum Gasteiger partial charge on any atom is 0.415 e. The van der Waals surface area contributed by atoms with Crippen molar-refractivity contribution in [2.24, 2.45) is 0 Å². The highest BCUT2D eigenvalue weighted by molar-refractivity contribution is 5.90. The summed E-state index contributed by atoms with van der Waals surface area (Å²) in [6, 6.07) is 5.47. The second-order valence-electron chi connectivity index (χ2n) is 4.76. The van der Waals surface area contributed by atoms with Crippen molar-refractivity contribution in [3.63, 3.8) is 0 Å². The molecular formula is C14H20N4O3. The van der Waals surface area contributed by atoms with Crippen LogP contribution in [-0.2, 0) is 4.74 Å². The predicted octanol–water partition coefficient (Wildman–Crippen LogP) is 1.38. The van der Waals surface area contributed by atoms with Gasteiger partial charge >= 0.3 is 12.1 Å². The summed E-state index contributed by atoms with van der Waals surface area (Å²) in [6.45, 7) is 6.34. The number of nitrogens with one attached hydrogen (secondary N) is 1. The van der Waals surface area contributed by atoms with Crippen LogP contribution in [0.25, 0.3) is 0 Å². The zero-order chi connectivity index (χ0) is 15.2. The van der Waals surface area contributed by atoms with Gasteiger partial charge in [0.15, 0.2) is 0 Å². The van der Waals surface area contributed by atoms with Crippen molar-refractivity contribution in [2.45, 2.75) is 13.8 Å². The highest BCUT2D eigenvalue weighted by Crippen LogP contribution is 2.13. The van der Waals surface area contributed by atoms with Gasteiger partial charge < -0.3 is 14.5 Å². The Bertz CT molecular complexity index is 513. The third kappa shape index (κ3) is 4.08. The van der Waals surface area contributed by atoms with Crippen LogP contribution in [0, 0.1) is 6.92 Å². The summed E-state index contributed by atoms with van der Waals surface area (Å²) in [7, 11) is 0. The second kappa shape index (κ2) is 6.92. The summed E-state index contributed by atoms with van der Waals surface area (Å²) < 4.78 is 4.69. The van der Waals surface area contributed by atoms with Crippen LogP contribution < -0.4 is 10.2 Å². The number of nitrogens with zero attached hydrogens (tertiary/aromatic N) is 3. The van der Waals surface area contributed by atoms with E-state index in [0.717, 1.165) is 11.5 Å². The monoisotopic (exact) mass is 292 g/mol. The highest BCUT2D eigenvalue weighted by Gasteiger charge is 2.23. The minimum absolute atomic E-state index is 0.242. The summed E-state index contributed by atoms with van der Waals surface area (Å²) in [6.07, 6.45) is -0.703. The third-order valence-electron chi connectivity index (χ3n) is 3.25. The summed E-state index contributed by atoms with van der Waals surface area (Å²) >= 11 is 0. The van der Waals surface area contributed by atoms with Crippen molar-refractivity contribution < 1.29 is 14.3 Å². The molecule has 1 saturated heterocycles. The quantitative estimate of drug-likeness (QED) is 0.891. The van der Waals surface area contributed by atoms with Gasteiger partial charge in [0.05, 0.1) is 6.61 Å². The number of hydrogen-bond acceptors (Lipinski definition) is 5. The van der Waals surface area contributed by atoms with E-state index in [1.165, 1.54) is 0 Å². The molecule has 1 aromatic rings. The first-order valence-corrected chi connectivity index (χ1v) is 7.01.